The highest BCUT2D eigenvalue weighted by Gasteiger charge is 2.14. The lowest BCUT2D eigenvalue weighted by Crippen LogP contribution is -2.00. The molecule has 0 aliphatic carbocycles. The van der Waals surface area contributed by atoms with Gasteiger partial charge >= 0.3 is 0 Å². The SMILES string of the molecule is c1ccc(-c2nc(-c3ccccc3)nc(-c3cccc(-c4cc(-c5ccc6ccc7cccnc7c6n5)ccn4)c3)n2)cc1. The number of fused-ring (bicyclic) bond motifs is 3. The van der Waals surface area contributed by atoms with E-state index in [1.807, 2.05) is 103 Å². The van der Waals surface area contributed by atoms with Gasteiger partial charge in [0.05, 0.1) is 22.4 Å². The zero-order valence-corrected chi connectivity index (χ0v) is 23.5. The molecule has 44 heavy (non-hydrogen) atoms. The number of rotatable bonds is 5. The van der Waals surface area contributed by atoms with E-state index in [-0.39, 0.29) is 0 Å². The number of hydrogen-bond donors (Lipinski definition) is 0. The maximum atomic E-state index is 5.03. The molecule has 0 fully saturated rings. The van der Waals surface area contributed by atoms with Crippen molar-refractivity contribution in [2.75, 3.05) is 0 Å². The highest BCUT2D eigenvalue weighted by Crippen LogP contribution is 2.30. The molecule has 4 aromatic heterocycles. The second-order valence-electron chi connectivity index (χ2n) is 10.5. The maximum Gasteiger partial charge on any atom is 0.164 e. The van der Waals surface area contributed by atoms with Crippen LogP contribution in [0.4, 0.5) is 0 Å². The largest absolute Gasteiger partial charge is 0.256 e. The first-order valence-corrected chi connectivity index (χ1v) is 14.4. The molecule has 0 saturated heterocycles. The van der Waals surface area contributed by atoms with Crippen molar-refractivity contribution in [1.82, 2.24) is 29.9 Å². The molecule has 0 N–H and O–H groups in total. The van der Waals surface area contributed by atoms with Crippen molar-refractivity contribution in [2.45, 2.75) is 0 Å². The van der Waals surface area contributed by atoms with Gasteiger partial charge in [-0.15, -0.1) is 0 Å². The standard InChI is InChI=1S/C38H24N6/c1-3-9-27(10-4-1)36-42-37(28-11-5-2-6-12-28)44-38(43-36)31-14-7-13-29(23-31)33-24-30(20-22-39-33)32-19-18-26-17-16-25-15-8-21-40-34(25)35(26)41-32/h1-24H. The van der Waals surface area contributed by atoms with E-state index in [1.54, 1.807) is 0 Å². The molecule has 6 heteroatoms. The molecule has 4 heterocycles. The molecule has 0 saturated carbocycles. The van der Waals surface area contributed by atoms with Crippen molar-refractivity contribution in [3.05, 3.63) is 146 Å². The minimum atomic E-state index is 0.603. The van der Waals surface area contributed by atoms with Crippen LogP contribution in [-0.4, -0.2) is 29.9 Å². The van der Waals surface area contributed by atoms with Gasteiger partial charge in [0, 0.05) is 51.0 Å². The molecular formula is C38H24N6. The lowest BCUT2D eigenvalue weighted by atomic mass is 10.0. The maximum absolute atomic E-state index is 5.03. The quantitative estimate of drug-likeness (QED) is 0.195. The van der Waals surface area contributed by atoms with E-state index < -0.39 is 0 Å². The topological polar surface area (TPSA) is 77.3 Å². The molecule has 0 aliphatic rings. The summed E-state index contributed by atoms with van der Waals surface area (Å²) in [5, 5.41) is 2.13. The van der Waals surface area contributed by atoms with Crippen LogP contribution in [-0.2, 0) is 0 Å². The molecular weight excluding hydrogens is 540 g/mol. The Morgan fingerprint density at radius 3 is 1.64 bits per heavy atom. The third-order valence-electron chi connectivity index (χ3n) is 7.60. The average molecular weight is 565 g/mol. The van der Waals surface area contributed by atoms with Crippen molar-refractivity contribution in [3.8, 4) is 56.7 Å². The Hall–Kier alpha value is -6.14. The highest BCUT2D eigenvalue weighted by molar-refractivity contribution is 6.03. The van der Waals surface area contributed by atoms with Gasteiger partial charge in [-0.2, -0.15) is 0 Å². The Bertz CT molecular complexity index is 2230. The Kier molecular flexibility index (Phi) is 6.35. The second-order valence-corrected chi connectivity index (χ2v) is 10.5. The molecule has 0 unspecified atom stereocenters. The second kappa shape index (κ2) is 10.9. The summed E-state index contributed by atoms with van der Waals surface area (Å²) in [6.45, 7) is 0. The van der Waals surface area contributed by atoms with Crippen LogP contribution in [0.1, 0.15) is 0 Å². The van der Waals surface area contributed by atoms with Gasteiger partial charge in [0.2, 0.25) is 0 Å². The molecule has 8 rings (SSSR count). The van der Waals surface area contributed by atoms with E-state index in [0.29, 0.717) is 17.5 Å². The van der Waals surface area contributed by atoms with Crippen LogP contribution in [0.15, 0.2) is 146 Å². The molecule has 0 bridgehead atoms. The number of pyridine rings is 3. The zero-order valence-electron chi connectivity index (χ0n) is 23.5. The van der Waals surface area contributed by atoms with Crippen molar-refractivity contribution < 1.29 is 0 Å². The molecule has 206 valence electrons. The first-order valence-electron chi connectivity index (χ1n) is 14.4. The minimum Gasteiger partial charge on any atom is -0.256 e. The first kappa shape index (κ1) is 25.6. The van der Waals surface area contributed by atoms with E-state index in [2.05, 4.69) is 47.4 Å². The van der Waals surface area contributed by atoms with Crippen molar-refractivity contribution in [3.63, 3.8) is 0 Å². The van der Waals surface area contributed by atoms with Gasteiger partial charge in [-0.25, -0.2) is 19.9 Å². The van der Waals surface area contributed by atoms with Gasteiger partial charge in [-0.05, 0) is 30.3 Å². The normalized spacial score (nSPS) is 11.2. The lowest BCUT2D eigenvalue weighted by molar-refractivity contribution is 1.07. The van der Waals surface area contributed by atoms with Crippen molar-refractivity contribution in [1.29, 1.82) is 0 Å². The summed E-state index contributed by atoms with van der Waals surface area (Å²) in [5.74, 6) is 1.86. The fraction of sp³-hybridized carbons (Fsp3) is 0. The Labute approximate surface area is 253 Å². The fourth-order valence-electron chi connectivity index (χ4n) is 5.39. The Balaban J connectivity index is 1.20. The van der Waals surface area contributed by atoms with E-state index >= 15 is 0 Å². The molecule has 0 amide bonds. The van der Waals surface area contributed by atoms with Gasteiger partial charge < -0.3 is 0 Å². The van der Waals surface area contributed by atoms with Crippen LogP contribution in [0.25, 0.3) is 78.5 Å². The van der Waals surface area contributed by atoms with E-state index in [4.69, 9.17) is 24.9 Å². The molecule has 0 atom stereocenters. The average Bonchev–Trinajstić information content (AvgIpc) is 3.12. The molecule has 0 spiro atoms. The molecule has 6 nitrogen and oxygen atoms in total. The van der Waals surface area contributed by atoms with Gasteiger partial charge in [0.15, 0.2) is 17.5 Å². The van der Waals surface area contributed by atoms with Gasteiger partial charge in [-0.1, -0.05) is 103 Å². The summed E-state index contributed by atoms with van der Waals surface area (Å²) in [4.78, 5) is 29.0. The number of nitrogens with zero attached hydrogens (tertiary/aromatic N) is 6. The van der Waals surface area contributed by atoms with E-state index in [1.165, 1.54) is 0 Å². The molecule has 0 radical (unpaired) electrons. The molecule has 8 aromatic rings. The zero-order chi connectivity index (χ0) is 29.3. The smallest absolute Gasteiger partial charge is 0.164 e. The number of hydrogen-bond acceptors (Lipinski definition) is 6. The predicted molar refractivity (Wildman–Crippen MR) is 175 cm³/mol. The first-order chi connectivity index (χ1) is 21.8. The van der Waals surface area contributed by atoms with Gasteiger partial charge in [0.1, 0.15) is 0 Å². The fourth-order valence-corrected chi connectivity index (χ4v) is 5.39. The van der Waals surface area contributed by atoms with Crippen LogP contribution in [0.2, 0.25) is 0 Å². The Morgan fingerprint density at radius 2 is 0.909 bits per heavy atom. The summed E-state index contributed by atoms with van der Waals surface area (Å²) in [5.41, 5.74) is 8.18. The van der Waals surface area contributed by atoms with Crippen LogP contribution >= 0.6 is 0 Å². The third kappa shape index (κ3) is 4.84. The van der Waals surface area contributed by atoms with Crippen molar-refractivity contribution in [2.24, 2.45) is 0 Å². The number of benzene rings is 4. The summed E-state index contributed by atoms with van der Waals surface area (Å²) >= 11 is 0. The van der Waals surface area contributed by atoms with E-state index in [9.17, 15) is 0 Å². The molecule has 0 aliphatic heterocycles. The van der Waals surface area contributed by atoms with Crippen LogP contribution in [0.5, 0.6) is 0 Å². The highest BCUT2D eigenvalue weighted by atomic mass is 15.0. The predicted octanol–water partition coefficient (Wildman–Crippen LogP) is 8.70. The van der Waals surface area contributed by atoms with Crippen molar-refractivity contribution >= 4 is 21.8 Å². The van der Waals surface area contributed by atoms with Gasteiger partial charge in [-0.3, -0.25) is 9.97 Å². The summed E-state index contributed by atoms with van der Waals surface area (Å²) < 4.78 is 0. The summed E-state index contributed by atoms with van der Waals surface area (Å²) in [6.07, 6.45) is 3.64. The molecule has 4 aromatic carbocycles. The monoisotopic (exact) mass is 564 g/mol. The lowest BCUT2D eigenvalue weighted by Gasteiger charge is -2.10. The Morgan fingerprint density at radius 1 is 0.318 bits per heavy atom. The van der Waals surface area contributed by atoms with Gasteiger partial charge in [0.25, 0.3) is 0 Å². The summed E-state index contributed by atoms with van der Waals surface area (Å²) in [6, 6.07) is 44.6. The van der Waals surface area contributed by atoms with Crippen LogP contribution in [0, 0.1) is 0 Å². The summed E-state index contributed by atoms with van der Waals surface area (Å²) in [7, 11) is 0. The van der Waals surface area contributed by atoms with Crippen LogP contribution < -0.4 is 0 Å². The van der Waals surface area contributed by atoms with Crippen LogP contribution in [0.3, 0.4) is 0 Å². The third-order valence-corrected chi connectivity index (χ3v) is 7.60. The minimum absolute atomic E-state index is 0.603. The van der Waals surface area contributed by atoms with E-state index in [0.717, 1.165) is 61.0 Å². The number of aromatic nitrogens is 6.